The maximum Gasteiger partial charge on any atom is 0.137 e. The predicted molar refractivity (Wildman–Crippen MR) is 258 cm³/mol. The predicted octanol–water partition coefficient (Wildman–Crippen LogP) is 15.8. The van der Waals surface area contributed by atoms with E-state index in [1.54, 1.807) is 0 Å². The Morgan fingerprint density at radius 2 is 1.00 bits per heavy atom. The van der Waals surface area contributed by atoms with Crippen LogP contribution in [0.3, 0.4) is 0 Å². The first-order chi connectivity index (χ1) is 31.2. The zero-order chi connectivity index (χ0) is 41.2. The molecule has 0 amide bonds. The lowest BCUT2D eigenvalue weighted by atomic mass is 9.58. The minimum atomic E-state index is -0.675. The molecule has 12 aromatic rings. The number of aromatic nitrogens is 1. The molecule has 1 aliphatic heterocycles. The van der Waals surface area contributed by atoms with Crippen molar-refractivity contribution >= 4 is 71.6 Å². The maximum atomic E-state index is 6.77. The number of rotatable bonds is 4. The van der Waals surface area contributed by atoms with Crippen LogP contribution < -0.4 is 9.64 Å². The molecule has 63 heavy (non-hydrogen) atoms. The standard InChI is InChI=1S/C59H36N2O2/c1-2-16-38(17-3-1)61-52-24-8-4-18-43(52)47-34-39(30-33-53(47)61)60(41-29-32-45-44-19-5-9-25-54(44)62-57(45)36-41)40-28-31-42-46-20-12-14-37-15-13-23-50(58(37)46)59(51(42)35-40)48-21-6-10-26-55(48)63-56-27-11-7-22-49(56)59/h1-36H. The summed E-state index contributed by atoms with van der Waals surface area (Å²) in [5.74, 6) is 1.74. The normalized spacial score (nSPS) is 13.3. The maximum absolute atomic E-state index is 6.77. The molecule has 0 saturated heterocycles. The van der Waals surface area contributed by atoms with E-state index in [1.165, 1.54) is 49.3 Å². The molecule has 4 heteroatoms. The van der Waals surface area contributed by atoms with E-state index in [-0.39, 0.29) is 0 Å². The van der Waals surface area contributed by atoms with Gasteiger partial charge in [-0.2, -0.15) is 0 Å². The second-order valence-corrected chi connectivity index (χ2v) is 16.8. The summed E-state index contributed by atoms with van der Waals surface area (Å²) < 4.78 is 15.7. The molecule has 0 bridgehead atoms. The molecular formula is C59H36N2O2. The first-order valence-electron chi connectivity index (χ1n) is 21.6. The number of ether oxygens (including phenoxy) is 1. The van der Waals surface area contributed by atoms with E-state index < -0.39 is 5.41 Å². The molecule has 3 heterocycles. The summed E-state index contributed by atoms with van der Waals surface area (Å²) in [4.78, 5) is 2.41. The van der Waals surface area contributed by atoms with Crippen molar-refractivity contribution in [2.75, 3.05) is 4.90 Å². The van der Waals surface area contributed by atoms with Gasteiger partial charge in [-0.1, -0.05) is 133 Å². The van der Waals surface area contributed by atoms with Gasteiger partial charge in [0, 0.05) is 61.5 Å². The number of hydrogen-bond donors (Lipinski definition) is 0. The van der Waals surface area contributed by atoms with Crippen LogP contribution in [0.25, 0.3) is 71.3 Å². The summed E-state index contributed by atoms with van der Waals surface area (Å²) in [6, 6.07) is 79.1. The number of hydrogen-bond acceptors (Lipinski definition) is 3. The van der Waals surface area contributed by atoms with Crippen LogP contribution in [0, 0.1) is 0 Å². The first-order valence-corrected chi connectivity index (χ1v) is 21.6. The lowest BCUT2D eigenvalue weighted by Crippen LogP contribution is -2.36. The Morgan fingerprint density at radius 1 is 0.381 bits per heavy atom. The summed E-state index contributed by atoms with van der Waals surface area (Å²) in [6.45, 7) is 0. The average Bonchev–Trinajstić information content (AvgIpc) is 3.88. The highest BCUT2D eigenvalue weighted by Gasteiger charge is 2.49. The number of benzene rings is 10. The van der Waals surface area contributed by atoms with Crippen molar-refractivity contribution in [3.63, 3.8) is 0 Å². The molecular weight excluding hydrogens is 769 g/mol. The van der Waals surface area contributed by atoms with Gasteiger partial charge in [-0.25, -0.2) is 0 Å². The van der Waals surface area contributed by atoms with Crippen molar-refractivity contribution in [3.05, 3.63) is 241 Å². The van der Waals surface area contributed by atoms with Crippen molar-refractivity contribution < 1.29 is 9.15 Å². The largest absolute Gasteiger partial charge is 0.457 e. The number of para-hydroxylation sites is 5. The van der Waals surface area contributed by atoms with E-state index in [9.17, 15) is 0 Å². The highest BCUT2D eigenvalue weighted by atomic mass is 16.5. The smallest absolute Gasteiger partial charge is 0.137 e. The van der Waals surface area contributed by atoms with Crippen LogP contribution in [0.1, 0.15) is 22.3 Å². The quantitative estimate of drug-likeness (QED) is 0.178. The van der Waals surface area contributed by atoms with E-state index in [4.69, 9.17) is 9.15 Å². The van der Waals surface area contributed by atoms with Gasteiger partial charge in [-0.3, -0.25) is 0 Å². The van der Waals surface area contributed by atoms with Crippen LogP contribution in [-0.2, 0) is 5.41 Å². The second kappa shape index (κ2) is 12.8. The molecule has 0 unspecified atom stereocenters. The van der Waals surface area contributed by atoms with Gasteiger partial charge in [0.05, 0.1) is 16.4 Å². The van der Waals surface area contributed by atoms with Gasteiger partial charge in [0.2, 0.25) is 0 Å². The molecule has 10 aromatic carbocycles. The fourth-order valence-corrected chi connectivity index (χ4v) is 11.1. The van der Waals surface area contributed by atoms with Gasteiger partial charge in [0.15, 0.2) is 0 Å². The van der Waals surface area contributed by atoms with Crippen molar-refractivity contribution in [1.82, 2.24) is 4.57 Å². The zero-order valence-corrected chi connectivity index (χ0v) is 34.0. The van der Waals surface area contributed by atoms with E-state index >= 15 is 0 Å². The summed E-state index contributed by atoms with van der Waals surface area (Å²) in [5, 5.41) is 7.10. The number of anilines is 3. The van der Waals surface area contributed by atoms with Crippen molar-refractivity contribution in [2.24, 2.45) is 0 Å². The molecule has 0 fully saturated rings. The summed E-state index contributed by atoms with van der Waals surface area (Å²) >= 11 is 0. The Hall–Kier alpha value is -8.34. The lowest BCUT2D eigenvalue weighted by Gasteiger charge is -2.45. The molecule has 0 radical (unpaired) electrons. The zero-order valence-electron chi connectivity index (χ0n) is 34.0. The molecule has 0 saturated carbocycles. The van der Waals surface area contributed by atoms with E-state index in [0.29, 0.717) is 0 Å². The Morgan fingerprint density at radius 3 is 1.84 bits per heavy atom. The fraction of sp³-hybridized carbons (Fsp3) is 0.0169. The molecule has 2 aliphatic rings. The Labute approximate surface area is 363 Å². The minimum absolute atomic E-state index is 0.675. The van der Waals surface area contributed by atoms with Crippen molar-refractivity contribution in [3.8, 4) is 28.3 Å². The molecule has 1 aliphatic carbocycles. The van der Waals surface area contributed by atoms with Gasteiger partial charge in [0.1, 0.15) is 22.7 Å². The molecule has 2 aromatic heterocycles. The minimum Gasteiger partial charge on any atom is -0.457 e. The highest BCUT2D eigenvalue weighted by Crippen LogP contribution is 2.62. The van der Waals surface area contributed by atoms with Gasteiger partial charge in [-0.15, -0.1) is 0 Å². The Bertz CT molecular complexity index is 3810. The topological polar surface area (TPSA) is 30.5 Å². The van der Waals surface area contributed by atoms with Crippen LogP contribution in [0.2, 0.25) is 0 Å². The summed E-state index contributed by atoms with van der Waals surface area (Å²) in [5.41, 5.74) is 14.8. The number of nitrogens with zero attached hydrogens (tertiary/aromatic N) is 2. The SMILES string of the molecule is c1ccc(-n2c3ccccc3c3cc(N(c4ccc5c(c4)C4(c6ccccc6Oc6ccccc64)c4cccc6cccc-5c46)c4ccc5c(c4)oc4ccccc45)ccc32)cc1. The summed E-state index contributed by atoms with van der Waals surface area (Å²) in [6.07, 6.45) is 0. The molecule has 0 atom stereocenters. The van der Waals surface area contributed by atoms with E-state index in [1.807, 2.05) is 12.1 Å². The van der Waals surface area contributed by atoms with Gasteiger partial charge in [-0.05, 0) is 112 Å². The lowest BCUT2D eigenvalue weighted by molar-refractivity contribution is 0.435. The van der Waals surface area contributed by atoms with Gasteiger partial charge < -0.3 is 18.6 Å². The van der Waals surface area contributed by atoms with Crippen LogP contribution >= 0.6 is 0 Å². The monoisotopic (exact) mass is 804 g/mol. The van der Waals surface area contributed by atoms with Crippen LogP contribution in [0.5, 0.6) is 11.5 Å². The molecule has 0 N–H and O–H groups in total. The number of fused-ring (bicyclic) bond motifs is 14. The third-order valence-corrected chi connectivity index (χ3v) is 13.6. The highest BCUT2D eigenvalue weighted by molar-refractivity contribution is 6.12. The molecule has 4 nitrogen and oxygen atoms in total. The molecule has 14 rings (SSSR count). The van der Waals surface area contributed by atoms with Crippen molar-refractivity contribution in [1.29, 1.82) is 0 Å². The molecule has 294 valence electrons. The number of furan rings is 1. The Balaban J connectivity index is 1.08. The van der Waals surface area contributed by atoms with Gasteiger partial charge >= 0.3 is 0 Å². The fourth-order valence-electron chi connectivity index (χ4n) is 11.1. The van der Waals surface area contributed by atoms with Gasteiger partial charge in [0.25, 0.3) is 0 Å². The second-order valence-electron chi connectivity index (χ2n) is 16.8. The average molecular weight is 805 g/mol. The van der Waals surface area contributed by atoms with Crippen molar-refractivity contribution in [2.45, 2.75) is 5.41 Å². The van der Waals surface area contributed by atoms with Crippen LogP contribution in [-0.4, -0.2) is 4.57 Å². The third kappa shape index (κ3) is 4.69. The van der Waals surface area contributed by atoms with E-state index in [0.717, 1.165) is 72.8 Å². The van der Waals surface area contributed by atoms with E-state index in [2.05, 4.69) is 216 Å². The Kier molecular flexibility index (Phi) is 7.01. The third-order valence-electron chi connectivity index (χ3n) is 13.6. The van der Waals surface area contributed by atoms with Crippen LogP contribution in [0.4, 0.5) is 17.1 Å². The first kappa shape index (κ1) is 34.4. The summed E-state index contributed by atoms with van der Waals surface area (Å²) in [7, 11) is 0. The molecule has 1 spiro atoms. The van der Waals surface area contributed by atoms with Crippen LogP contribution in [0.15, 0.2) is 223 Å².